The van der Waals surface area contributed by atoms with Crippen LogP contribution in [-0.2, 0) is 0 Å². The van der Waals surface area contributed by atoms with E-state index < -0.39 is 5.97 Å². The zero-order chi connectivity index (χ0) is 16.1. The molecule has 1 N–H and O–H groups in total. The van der Waals surface area contributed by atoms with E-state index in [0.717, 1.165) is 18.4 Å². The first-order chi connectivity index (χ1) is 10.5. The Morgan fingerprint density at radius 1 is 1.41 bits per heavy atom. The fraction of sp³-hybridized carbons (Fsp3) is 0.375. The number of nitrogens with zero attached hydrogens (tertiary/aromatic N) is 2. The van der Waals surface area contributed by atoms with Crippen LogP contribution in [0.15, 0.2) is 35.9 Å². The Labute approximate surface area is 134 Å². The third kappa shape index (κ3) is 3.62. The van der Waals surface area contributed by atoms with Crippen LogP contribution in [0.4, 0.5) is 4.79 Å². The summed E-state index contributed by atoms with van der Waals surface area (Å²) in [6, 6.07) is 6.67. The fourth-order valence-corrected chi connectivity index (χ4v) is 3.18. The van der Waals surface area contributed by atoms with Crippen molar-refractivity contribution in [3.05, 3.63) is 47.0 Å². The molecule has 0 aliphatic carbocycles. The van der Waals surface area contributed by atoms with E-state index >= 15 is 0 Å². The van der Waals surface area contributed by atoms with Gasteiger partial charge in [0.2, 0.25) is 0 Å². The van der Waals surface area contributed by atoms with Gasteiger partial charge in [-0.2, -0.15) is 0 Å². The van der Waals surface area contributed by atoms with Gasteiger partial charge in [0.05, 0.1) is 5.56 Å². The van der Waals surface area contributed by atoms with Gasteiger partial charge in [0.1, 0.15) is 5.37 Å². The molecule has 1 aliphatic rings. The first-order valence-corrected chi connectivity index (χ1v) is 8.17. The molecule has 0 aromatic heterocycles. The molecule has 0 spiro atoms. The van der Waals surface area contributed by atoms with Crippen LogP contribution < -0.4 is 0 Å². The SMILES string of the molecule is CCCCN(C)C(=O)N1C=CSC1c1cccc(C(=O)O)c1. The quantitative estimate of drug-likeness (QED) is 0.897. The van der Waals surface area contributed by atoms with Gasteiger partial charge in [-0.15, -0.1) is 11.8 Å². The molecule has 1 aromatic rings. The minimum Gasteiger partial charge on any atom is -0.478 e. The summed E-state index contributed by atoms with van der Waals surface area (Å²) in [7, 11) is 1.79. The van der Waals surface area contributed by atoms with Gasteiger partial charge in [0.15, 0.2) is 0 Å². The molecule has 0 saturated carbocycles. The topological polar surface area (TPSA) is 60.9 Å². The Morgan fingerprint density at radius 2 is 2.18 bits per heavy atom. The summed E-state index contributed by atoms with van der Waals surface area (Å²) in [5.41, 5.74) is 1.05. The highest BCUT2D eigenvalue weighted by Gasteiger charge is 2.29. The van der Waals surface area contributed by atoms with Crippen LogP contribution in [0.5, 0.6) is 0 Å². The number of thioether (sulfide) groups is 1. The summed E-state index contributed by atoms with van der Waals surface area (Å²) in [5, 5.41) is 10.8. The number of urea groups is 1. The summed E-state index contributed by atoms with van der Waals surface area (Å²) in [5.74, 6) is -0.962. The molecule has 6 heteroatoms. The molecule has 0 fully saturated rings. The Bertz CT molecular complexity index is 589. The molecule has 1 heterocycles. The van der Waals surface area contributed by atoms with E-state index in [1.807, 2.05) is 11.5 Å². The zero-order valence-corrected chi connectivity index (χ0v) is 13.5. The van der Waals surface area contributed by atoms with Gasteiger partial charge in [-0.3, -0.25) is 4.90 Å². The average Bonchev–Trinajstić information content (AvgIpc) is 3.01. The molecule has 1 atom stereocenters. The van der Waals surface area contributed by atoms with Crippen LogP contribution in [0.25, 0.3) is 0 Å². The van der Waals surface area contributed by atoms with E-state index in [1.54, 1.807) is 41.2 Å². The maximum absolute atomic E-state index is 12.5. The molecule has 2 rings (SSSR count). The molecule has 1 aliphatic heterocycles. The van der Waals surface area contributed by atoms with Gasteiger partial charge >= 0.3 is 12.0 Å². The second-order valence-corrected chi connectivity index (χ2v) is 6.16. The maximum Gasteiger partial charge on any atom is 0.335 e. The standard InChI is InChI=1S/C16H20N2O3S/c1-3-4-8-17(2)16(21)18-9-10-22-14(18)12-6-5-7-13(11-12)15(19)20/h5-7,9-11,14H,3-4,8H2,1-2H3,(H,19,20). The van der Waals surface area contributed by atoms with E-state index in [0.29, 0.717) is 6.54 Å². The van der Waals surface area contributed by atoms with Crippen molar-refractivity contribution in [2.75, 3.05) is 13.6 Å². The normalized spacial score (nSPS) is 16.8. The molecular weight excluding hydrogens is 300 g/mol. The minimum atomic E-state index is -0.962. The largest absolute Gasteiger partial charge is 0.478 e. The number of unbranched alkanes of at least 4 members (excludes halogenated alkanes) is 1. The molecule has 5 nitrogen and oxygen atoms in total. The van der Waals surface area contributed by atoms with Crippen molar-refractivity contribution < 1.29 is 14.7 Å². The van der Waals surface area contributed by atoms with E-state index in [4.69, 9.17) is 5.11 Å². The van der Waals surface area contributed by atoms with Gasteiger partial charge in [0, 0.05) is 19.8 Å². The first kappa shape index (κ1) is 16.4. The lowest BCUT2D eigenvalue weighted by Crippen LogP contribution is -2.38. The van der Waals surface area contributed by atoms with Crippen molar-refractivity contribution in [3.8, 4) is 0 Å². The summed E-state index contributed by atoms with van der Waals surface area (Å²) in [4.78, 5) is 27.0. The summed E-state index contributed by atoms with van der Waals surface area (Å²) >= 11 is 1.50. The van der Waals surface area contributed by atoms with Crippen LogP contribution in [0.1, 0.15) is 41.1 Å². The molecule has 2 amide bonds. The number of amides is 2. The van der Waals surface area contributed by atoms with Crippen LogP contribution in [0.2, 0.25) is 0 Å². The Kier molecular flexibility index (Phi) is 5.49. The van der Waals surface area contributed by atoms with Gasteiger partial charge in [-0.1, -0.05) is 25.5 Å². The zero-order valence-electron chi connectivity index (χ0n) is 12.7. The average molecular weight is 320 g/mol. The molecule has 1 unspecified atom stereocenters. The number of carboxylic acids is 1. The molecule has 0 radical (unpaired) electrons. The van der Waals surface area contributed by atoms with Crippen molar-refractivity contribution in [2.45, 2.75) is 25.1 Å². The van der Waals surface area contributed by atoms with Crippen molar-refractivity contribution in [1.82, 2.24) is 9.80 Å². The van der Waals surface area contributed by atoms with Gasteiger partial charge < -0.3 is 10.0 Å². The third-order valence-corrected chi connectivity index (χ3v) is 4.53. The first-order valence-electron chi connectivity index (χ1n) is 7.23. The van der Waals surface area contributed by atoms with Crippen molar-refractivity contribution in [2.24, 2.45) is 0 Å². The van der Waals surface area contributed by atoms with E-state index in [2.05, 4.69) is 6.92 Å². The van der Waals surface area contributed by atoms with E-state index in [9.17, 15) is 9.59 Å². The van der Waals surface area contributed by atoms with Crippen LogP contribution in [0.3, 0.4) is 0 Å². The molecule has 0 saturated heterocycles. The molecule has 0 bridgehead atoms. The number of rotatable bonds is 5. The number of hydrogen-bond donors (Lipinski definition) is 1. The van der Waals surface area contributed by atoms with E-state index in [-0.39, 0.29) is 17.0 Å². The maximum atomic E-state index is 12.5. The Morgan fingerprint density at radius 3 is 2.86 bits per heavy atom. The van der Waals surface area contributed by atoms with Crippen LogP contribution in [0, 0.1) is 0 Å². The lowest BCUT2D eigenvalue weighted by molar-refractivity contribution is 0.0696. The van der Waals surface area contributed by atoms with Crippen LogP contribution >= 0.6 is 11.8 Å². The number of carboxylic acid groups (broad SMARTS) is 1. The third-order valence-electron chi connectivity index (χ3n) is 3.49. The Balaban J connectivity index is 2.16. The highest BCUT2D eigenvalue weighted by Crippen LogP contribution is 2.39. The van der Waals surface area contributed by atoms with Crippen LogP contribution in [-0.4, -0.2) is 40.5 Å². The van der Waals surface area contributed by atoms with E-state index in [1.165, 1.54) is 11.8 Å². The van der Waals surface area contributed by atoms with Crippen molar-refractivity contribution >= 4 is 23.8 Å². The lowest BCUT2D eigenvalue weighted by atomic mass is 10.1. The predicted octanol–water partition coefficient (Wildman–Crippen LogP) is 3.76. The summed E-state index contributed by atoms with van der Waals surface area (Å²) in [6.07, 6.45) is 3.76. The van der Waals surface area contributed by atoms with Crippen molar-refractivity contribution in [1.29, 1.82) is 0 Å². The fourth-order valence-electron chi connectivity index (χ4n) is 2.24. The molecule has 118 valence electrons. The number of hydrogen-bond acceptors (Lipinski definition) is 3. The number of carbonyl (C=O) groups is 2. The Hall–Kier alpha value is -1.95. The summed E-state index contributed by atoms with van der Waals surface area (Å²) in [6.45, 7) is 2.80. The number of carbonyl (C=O) groups excluding carboxylic acids is 1. The number of benzene rings is 1. The number of aromatic carboxylic acids is 1. The second kappa shape index (κ2) is 7.35. The van der Waals surface area contributed by atoms with Gasteiger partial charge in [-0.05, 0) is 29.5 Å². The van der Waals surface area contributed by atoms with Gasteiger partial charge in [-0.25, -0.2) is 9.59 Å². The molecule has 1 aromatic carbocycles. The minimum absolute atomic E-state index is 0.0690. The molecule has 22 heavy (non-hydrogen) atoms. The van der Waals surface area contributed by atoms with Gasteiger partial charge in [0.25, 0.3) is 0 Å². The monoisotopic (exact) mass is 320 g/mol. The van der Waals surface area contributed by atoms with Crippen molar-refractivity contribution in [3.63, 3.8) is 0 Å². The second-order valence-electron chi connectivity index (χ2n) is 5.17. The lowest BCUT2D eigenvalue weighted by Gasteiger charge is -2.28. The molecular formula is C16H20N2O3S. The highest BCUT2D eigenvalue weighted by atomic mass is 32.2. The summed E-state index contributed by atoms with van der Waals surface area (Å²) < 4.78 is 0. The smallest absolute Gasteiger partial charge is 0.335 e. The predicted molar refractivity (Wildman–Crippen MR) is 87.6 cm³/mol. The highest BCUT2D eigenvalue weighted by molar-refractivity contribution is 8.02.